The average Bonchev–Trinajstić information content (AvgIpc) is 3.52. The van der Waals surface area contributed by atoms with Crippen LogP contribution in [0.4, 0.5) is 0 Å². The molecule has 9 saturated carbocycles. The molecule has 0 aromatic carbocycles. The standard InChI is InChI=1S/C54H90O5/c1-30-18-21-49(6)24-25-51(8)38(47(49)32(30)3)15-16-43-50(7)22-19-36(48(4,5)42(50)20-23-52(43,51)9)39-28-34(55)26-33-27-41(56)46-37-14-13-35(31(2)12-17-45(58)59)54(37,11)44(57)29-40(46)53(33,39)10/h30-44,46-47,55-57H,12-29H2,1-11H3,(H,58,59)/t30-,31-,32+,33+,34+,35-,36?,37+,38-,39?,40+,41-,42?,43?,44+,46+,47+,49-,50+,51-,52-,53-,54-/m0/s1. The summed E-state index contributed by atoms with van der Waals surface area (Å²) >= 11 is 0. The number of aliphatic hydroxyl groups is 3. The van der Waals surface area contributed by atoms with Crippen LogP contribution in [-0.2, 0) is 4.79 Å². The molecule has 0 saturated heterocycles. The van der Waals surface area contributed by atoms with Gasteiger partial charge in [0.2, 0.25) is 0 Å². The Morgan fingerprint density at radius 3 is 2.07 bits per heavy atom. The fourth-order valence-corrected chi connectivity index (χ4v) is 21.9. The molecule has 0 bridgehead atoms. The highest BCUT2D eigenvalue weighted by Gasteiger charge is 2.73. The van der Waals surface area contributed by atoms with E-state index in [1.54, 1.807) is 0 Å². The number of aliphatic carboxylic acids is 1. The van der Waals surface area contributed by atoms with E-state index >= 15 is 0 Å². The van der Waals surface area contributed by atoms with Crippen molar-refractivity contribution in [3.05, 3.63) is 0 Å². The quantitative estimate of drug-likeness (QED) is 0.221. The Morgan fingerprint density at radius 2 is 1.36 bits per heavy atom. The molecule has 9 rings (SSSR count). The van der Waals surface area contributed by atoms with Crippen LogP contribution in [0.2, 0.25) is 0 Å². The minimum absolute atomic E-state index is 0.0363. The van der Waals surface area contributed by atoms with Crippen LogP contribution in [0.1, 0.15) is 192 Å². The molecule has 4 N–H and O–H groups in total. The lowest BCUT2D eigenvalue weighted by Gasteiger charge is -2.75. The van der Waals surface area contributed by atoms with E-state index in [1.165, 1.54) is 64.2 Å². The Morgan fingerprint density at radius 1 is 0.644 bits per heavy atom. The van der Waals surface area contributed by atoms with Gasteiger partial charge in [0, 0.05) is 6.42 Å². The number of carboxylic acids is 1. The van der Waals surface area contributed by atoms with Gasteiger partial charge in [0.25, 0.3) is 0 Å². The zero-order chi connectivity index (χ0) is 42.6. The molecular weight excluding hydrogens is 729 g/mol. The summed E-state index contributed by atoms with van der Waals surface area (Å²) in [5.74, 6) is 6.46. The second-order valence-corrected chi connectivity index (χ2v) is 26.8. The first-order valence-corrected chi connectivity index (χ1v) is 25.8. The van der Waals surface area contributed by atoms with Gasteiger partial charge < -0.3 is 20.4 Å². The highest BCUT2D eigenvalue weighted by molar-refractivity contribution is 5.66. The van der Waals surface area contributed by atoms with Crippen molar-refractivity contribution < 1.29 is 25.2 Å². The summed E-state index contributed by atoms with van der Waals surface area (Å²) in [6.45, 7) is 28.8. The molecule has 9 aliphatic carbocycles. The van der Waals surface area contributed by atoms with E-state index in [0.717, 1.165) is 68.1 Å². The van der Waals surface area contributed by atoms with E-state index in [9.17, 15) is 25.2 Å². The van der Waals surface area contributed by atoms with Crippen molar-refractivity contribution in [1.29, 1.82) is 0 Å². The van der Waals surface area contributed by atoms with E-state index in [-0.39, 0.29) is 64.3 Å². The summed E-state index contributed by atoms with van der Waals surface area (Å²) < 4.78 is 0. The smallest absolute Gasteiger partial charge is 0.303 e. The minimum Gasteiger partial charge on any atom is -0.481 e. The van der Waals surface area contributed by atoms with Gasteiger partial charge in [0.1, 0.15) is 0 Å². The molecule has 5 heteroatoms. The van der Waals surface area contributed by atoms with Gasteiger partial charge in [-0.3, -0.25) is 4.79 Å². The molecule has 9 fully saturated rings. The Labute approximate surface area is 360 Å². The molecule has 0 radical (unpaired) electrons. The van der Waals surface area contributed by atoms with Crippen molar-refractivity contribution in [2.45, 2.75) is 210 Å². The molecule has 5 nitrogen and oxygen atoms in total. The van der Waals surface area contributed by atoms with E-state index < -0.39 is 18.2 Å². The third kappa shape index (κ3) is 5.78. The Bertz CT molecular complexity index is 1620. The first-order chi connectivity index (χ1) is 27.5. The molecule has 336 valence electrons. The molecule has 59 heavy (non-hydrogen) atoms. The van der Waals surface area contributed by atoms with Gasteiger partial charge >= 0.3 is 5.97 Å². The van der Waals surface area contributed by atoms with Gasteiger partial charge in [-0.05, 0) is 230 Å². The summed E-state index contributed by atoms with van der Waals surface area (Å²) in [4.78, 5) is 11.6. The maximum atomic E-state index is 12.5. The molecule has 0 aromatic rings. The normalized spacial score (nSPS) is 59.4. The number of aliphatic hydroxyl groups excluding tert-OH is 3. The van der Waals surface area contributed by atoms with Crippen molar-refractivity contribution in [2.24, 2.45) is 121 Å². The lowest BCUT2D eigenvalue weighted by atomic mass is 9.30. The zero-order valence-corrected chi connectivity index (χ0v) is 39.7. The van der Waals surface area contributed by atoms with Gasteiger partial charge in [-0.15, -0.1) is 0 Å². The Kier molecular flexibility index (Phi) is 10.5. The third-order valence-electron chi connectivity index (χ3n) is 25.2. The summed E-state index contributed by atoms with van der Waals surface area (Å²) in [5.41, 5.74) is 1.46. The van der Waals surface area contributed by atoms with Crippen LogP contribution in [0.25, 0.3) is 0 Å². The molecular formula is C54H90O5. The maximum absolute atomic E-state index is 12.5. The number of carboxylic acid groups (broad SMARTS) is 1. The summed E-state index contributed by atoms with van der Waals surface area (Å²) in [6.07, 6.45) is 18.7. The van der Waals surface area contributed by atoms with Crippen molar-refractivity contribution in [1.82, 2.24) is 0 Å². The van der Waals surface area contributed by atoms with Gasteiger partial charge in [-0.25, -0.2) is 0 Å². The fourth-order valence-electron chi connectivity index (χ4n) is 21.9. The van der Waals surface area contributed by atoms with Crippen LogP contribution in [0.3, 0.4) is 0 Å². The first kappa shape index (κ1) is 43.6. The number of rotatable bonds is 5. The van der Waals surface area contributed by atoms with E-state index in [1.807, 2.05) is 0 Å². The number of fused-ring (bicyclic) bond motifs is 12. The van der Waals surface area contributed by atoms with Crippen LogP contribution in [-0.4, -0.2) is 44.7 Å². The number of hydrogen-bond donors (Lipinski definition) is 4. The monoisotopic (exact) mass is 819 g/mol. The lowest BCUT2D eigenvalue weighted by Crippen LogP contribution is -2.68. The molecule has 0 heterocycles. The highest BCUT2D eigenvalue weighted by Crippen LogP contribution is 2.79. The number of hydrogen-bond acceptors (Lipinski definition) is 4. The second-order valence-electron chi connectivity index (χ2n) is 26.8. The summed E-state index contributed by atoms with van der Waals surface area (Å²) in [7, 11) is 0. The predicted molar refractivity (Wildman–Crippen MR) is 237 cm³/mol. The van der Waals surface area contributed by atoms with Crippen LogP contribution < -0.4 is 0 Å². The number of carbonyl (C=O) groups is 1. The Hall–Kier alpha value is -0.650. The van der Waals surface area contributed by atoms with Crippen molar-refractivity contribution >= 4 is 5.97 Å². The summed E-state index contributed by atoms with van der Waals surface area (Å²) in [6, 6.07) is 0. The first-order valence-electron chi connectivity index (χ1n) is 25.8. The molecule has 0 aliphatic heterocycles. The molecule has 9 aliphatic rings. The van der Waals surface area contributed by atoms with Crippen LogP contribution >= 0.6 is 0 Å². The fraction of sp³-hybridized carbons (Fsp3) is 0.981. The van der Waals surface area contributed by atoms with Crippen LogP contribution in [0, 0.1) is 121 Å². The topological polar surface area (TPSA) is 98.0 Å². The maximum Gasteiger partial charge on any atom is 0.303 e. The second kappa shape index (κ2) is 14.2. The van der Waals surface area contributed by atoms with Crippen molar-refractivity contribution in [3.8, 4) is 0 Å². The van der Waals surface area contributed by atoms with Gasteiger partial charge in [-0.2, -0.15) is 0 Å². The third-order valence-corrected chi connectivity index (χ3v) is 25.2. The molecule has 23 atom stereocenters. The minimum atomic E-state index is -0.733. The zero-order valence-electron chi connectivity index (χ0n) is 39.7. The molecule has 4 unspecified atom stereocenters. The molecule has 0 amide bonds. The largest absolute Gasteiger partial charge is 0.481 e. The van der Waals surface area contributed by atoms with Crippen LogP contribution in [0.5, 0.6) is 0 Å². The molecule has 0 aromatic heterocycles. The Balaban J connectivity index is 1.01. The average molecular weight is 819 g/mol. The van der Waals surface area contributed by atoms with Crippen molar-refractivity contribution in [3.63, 3.8) is 0 Å². The van der Waals surface area contributed by atoms with Gasteiger partial charge in [0.05, 0.1) is 18.3 Å². The van der Waals surface area contributed by atoms with Gasteiger partial charge in [0.15, 0.2) is 0 Å². The van der Waals surface area contributed by atoms with E-state index in [0.29, 0.717) is 45.8 Å². The predicted octanol–water partition coefficient (Wildman–Crippen LogP) is 12.0. The van der Waals surface area contributed by atoms with E-state index in [4.69, 9.17) is 0 Å². The molecule has 0 spiro atoms. The van der Waals surface area contributed by atoms with Crippen molar-refractivity contribution in [2.75, 3.05) is 0 Å². The van der Waals surface area contributed by atoms with E-state index in [2.05, 4.69) is 76.2 Å². The summed E-state index contributed by atoms with van der Waals surface area (Å²) in [5, 5.41) is 46.1. The lowest BCUT2D eigenvalue weighted by molar-refractivity contribution is -0.267. The SMILES string of the molecule is C[C@H]1[C@@H]2[C@@H]3CCC4[C@]5(C)CCC(C6C[C@H](O)C[C@@H]7C[C@H](O)[C@H]8[C@@H](C[C@@H](O)[C@]9(C)[C@@H]8CC[C@H]9[C@@H](C)CCC(=O)O)[C@]67C)C(C)(C)C5CC[C@]4(C)[C@@]3(C)CC[C@]2(C)CC[C@@H]1C. The van der Waals surface area contributed by atoms with Crippen LogP contribution in [0.15, 0.2) is 0 Å². The highest BCUT2D eigenvalue weighted by atomic mass is 16.4. The van der Waals surface area contributed by atoms with Gasteiger partial charge in [-0.1, -0.05) is 76.2 Å².